The van der Waals surface area contributed by atoms with Crippen molar-refractivity contribution in [3.8, 4) is 5.75 Å². The summed E-state index contributed by atoms with van der Waals surface area (Å²) in [5.41, 5.74) is 4.61. The van der Waals surface area contributed by atoms with Crippen LogP contribution in [0.15, 0.2) is 72.8 Å². The standard InChI is InChI=1S/C27H30N4O3/c1-20-6-5-7-21(18-20)19-26(32)31-16-14-30(15-17-31)23-12-10-22(11-13-23)28-27(33)29-24-8-3-4-9-25(24)34-2/h3-13,18H,14-17,19H2,1-2H3,(H2,28,29,33). The van der Waals surface area contributed by atoms with Gasteiger partial charge in [-0.3, -0.25) is 4.79 Å². The van der Waals surface area contributed by atoms with Crippen LogP contribution in [-0.4, -0.2) is 50.1 Å². The first-order valence-electron chi connectivity index (χ1n) is 11.4. The fourth-order valence-corrected chi connectivity index (χ4v) is 4.11. The predicted octanol–water partition coefficient (Wildman–Crippen LogP) is 4.54. The number of rotatable bonds is 6. The molecule has 2 N–H and O–H groups in total. The number of hydrogen-bond donors (Lipinski definition) is 2. The molecule has 7 nitrogen and oxygen atoms in total. The number of para-hydroxylation sites is 2. The summed E-state index contributed by atoms with van der Waals surface area (Å²) in [6.07, 6.45) is 0.443. The summed E-state index contributed by atoms with van der Waals surface area (Å²) in [5, 5.41) is 5.64. The average Bonchev–Trinajstić information content (AvgIpc) is 2.85. The number of anilines is 3. The number of aryl methyl sites for hydroxylation is 1. The molecule has 0 spiro atoms. The van der Waals surface area contributed by atoms with Gasteiger partial charge in [0.2, 0.25) is 5.91 Å². The minimum absolute atomic E-state index is 0.172. The fraction of sp³-hybridized carbons (Fsp3) is 0.259. The minimum atomic E-state index is -0.335. The number of amides is 3. The Kier molecular flexibility index (Phi) is 7.32. The Bertz CT molecular complexity index is 1140. The lowest BCUT2D eigenvalue weighted by atomic mass is 10.1. The van der Waals surface area contributed by atoms with Crippen LogP contribution in [0.3, 0.4) is 0 Å². The largest absolute Gasteiger partial charge is 0.495 e. The van der Waals surface area contributed by atoms with Crippen molar-refractivity contribution < 1.29 is 14.3 Å². The highest BCUT2D eigenvalue weighted by atomic mass is 16.5. The van der Waals surface area contributed by atoms with Crippen molar-refractivity contribution >= 4 is 29.0 Å². The van der Waals surface area contributed by atoms with Crippen molar-refractivity contribution in [1.82, 2.24) is 4.90 Å². The zero-order chi connectivity index (χ0) is 23.9. The molecular formula is C27H30N4O3. The van der Waals surface area contributed by atoms with E-state index in [9.17, 15) is 9.59 Å². The van der Waals surface area contributed by atoms with E-state index in [1.165, 1.54) is 5.56 Å². The summed E-state index contributed by atoms with van der Waals surface area (Å²) >= 11 is 0. The molecule has 7 heteroatoms. The SMILES string of the molecule is COc1ccccc1NC(=O)Nc1ccc(N2CCN(C(=O)Cc3cccc(C)c3)CC2)cc1. The molecule has 0 unspecified atom stereocenters. The smallest absolute Gasteiger partial charge is 0.323 e. The Morgan fingerprint density at radius 1 is 0.882 bits per heavy atom. The van der Waals surface area contributed by atoms with Crippen LogP contribution in [0.2, 0.25) is 0 Å². The number of nitrogens with one attached hydrogen (secondary N) is 2. The summed E-state index contributed by atoms with van der Waals surface area (Å²) in [4.78, 5) is 29.3. The van der Waals surface area contributed by atoms with Gasteiger partial charge in [-0.25, -0.2) is 4.79 Å². The molecule has 1 fully saturated rings. The van der Waals surface area contributed by atoms with Gasteiger partial charge in [0, 0.05) is 37.6 Å². The van der Waals surface area contributed by atoms with Crippen molar-refractivity contribution in [1.29, 1.82) is 0 Å². The monoisotopic (exact) mass is 458 g/mol. The maximum atomic E-state index is 12.7. The molecule has 0 saturated carbocycles. The van der Waals surface area contributed by atoms with Gasteiger partial charge < -0.3 is 25.2 Å². The highest BCUT2D eigenvalue weighted by molar-refractivity contribution is 6.00. The van der Waals surface area contributed by atoms with Crippen molar-refractivity contribution in [2.45, 2.75) is 13.3 Å². The van der Waals surface area contributed by atoms with Crippen LogP contribution in [-0.2, 0) is 11.2 Å². The van der Waals surface area contributed by atoms with Crippen molar-refractivity contribution in [3.05, 3.63) is 83.9 Å². The van der Waals surface area contributed by atoms with Crippen LogP contribution in [0.5, 0.6) is 5.75 Å². The number of benzene rings is 3. The highest BCUT2D eigenvalue weighted by Gasteiger charge is 2.21. The van der Waals surface area contributed by atoms with E-state index in [0.717, 1.165) is 24.3 Å². The van der Waals surface area contributed by atoms with Crippen LogP contribution in [0.4, 0.5) is 21.9 Å². The highest BCUT2D eigenvalue weighted by Crippen LogP contribution is 2.24. The first-order chi connectivity index (χ1) is 16.5. The van der Waals surface area contributed by atoms with E-state index in [2.05, 4.69) is 21.6 Å². The lowest BCUT2D eigenvalue weighted by Gasteiger charge is -2.36. The fourth-order valence-electron chi connectivity index (χ4n) is 4.11. The second-order valence-corrected chi connectivity index (χ2v) is 8.36. The molecular weight excluding hydrogens is 428 g/mol. The zero-order valence-corrected chi connectivity index (χ0v) is 19.6. The van der Waals surface area contributed by atoms with E-state index in [4.69, 9.17) is 4.74 Å². The molecule has 1 heterocycles. The maximum Gasteiger partial charge on any atom is 0.323 e. The lowest BCUT2D eigenvalue weighted by molar-refractivity contribution is -0.130. The summed E-state index contributed by atoms with van der Waals surface area (Å²) in [6.45, 7) is 5.00. The van der Waals surface area contributed by atoms with Gasteiger partial charge >= 0.3 is 6.03 Å². The molecule has 0 atom stereocenters. The number of carbonyl (C=O) groups excluding carboxylic acids is 2. The van der Waals surface area contributed by atoms with Gasteiger partial charge in [-0.1, -0.05) is 42.0 Å². The Hall–Kier alpha value is -4.00. The molecule has 0 radical (unpaired) electrons. The molecule has 3 amide bonds. The number of carbonyl (C=O) groups is 2. The quantitative estimate of drug-likeness (QED) is 0.569. The molecule has 3 aromatic carbocycles. The van der Waals surface area contributed by atoms with Gasteiger partial charge in [0.05, 0.1) is 19.2 Å². The van der Waals surface area contributed by atoms with Gasteiger partial charge in [-0.2, -0.15) is 0 Å². The van der Waals surface area contributed by atoms with Gasteiger partial charge in [0.15, 0.2) is 0 Å². The molecule has 0 aromatic heterocycles. The summed E-state index contributed by atoms with van der Waals surface area (Å²) < 4.78 is 5.26. The number of ether oxygens (including phenoxy) is 1. The van der Waals surface area contributed by atoms with E-state index in [1.54, 1.807) is 19.2 Å². The number of piperazine rings is 1. The third kappa shape index (κ3) is 5.86. The van der Waals surface area contributed by atoms with Gasteiger partial charge in [-0.05, 0) is 48.9 Å². The van der Waals surface area contributed by atoms with Crippen molar-refractivity contribution in [3.63, 3.8) is 0 Å². The predicted molar refractivity (Wildman–Crippen MR) is 136 cm³/mol. The first-order valence-corrected chi connectivity index (χ1v) is 11.4. The van der Waals surface area contributed by atoms with E-state index in [1.807, 2.05) is 66.4 Å². The van der Waals surface area contributed by atoms with Crippen molar-refractivity contribution in [2.75, 3.05) is 48.8 Å². The number of urea groups is 1. The summed E-state index contributed by atoms with van der Waals surface area (Å²) in [5.74, 6) is 0.773. The third-order valence-corrected chi connectivity index (χ3v) is 5.92. The minimum Gasteiger partial charge on any atom is -0.495 e. The van der Waals surface area contributed by atoms with E-state index in [-0.39, 0.29) is 11.9 Å². The molecule has 1 aliphatic heterocycles. The van der Waals surface area contributed by atoms with Crippen LogP contribution < -0.4 is 20.3 Å². The Morgan fingerprint density at radius 2 is 1.62 bits per heavy atom. The first kappa shape index (κ1) is 23.2. The van der Waals surface area contributed by atoms with Crippen LogP contribution >= 0.6 is 0 Å². The maximum absolute atomic E-state index is 12.7. The second kappa shape index (κ2) is 10.7. The van der Waals surface area contributed by atoms with Crippen molar-refractivity contribution in [2.24, 2.45) is 0 Å². The number of methoxy groups -OCH3 is 1. The van der Waals surface area contributed by atoms with Crippen LogP contribution in [0.25, 0.3) is 0 Å². The van der Waals surface area contributed by atoms with E-state index < -0.39 is 0 Å². The summed E-state index contributed by atoms with van der Waals surface area (Å²) in [6, 6.07) is 22.8. The number of nitrogens with zero attached hydrogens (tertiary/aromatic N) is 2. The normalized spacial score (nSPS) is 13.4. The molecule has 0 aliphatic carbocycles. The van der Waals surface area contributed by atoms with E-state index >= 15 is 0 Å². The van der Waals surface area contributed by atoms with Gasteiger partial charge in [0.1, 0.15) is 5.75 Å². The van der Waals surface area contributed by atoms with Crippen LogP contribution in [0, 0.1) is 6.92 Å². The average molecular weight is 459 g/mol. The molecule has 1 aliphatic rings. The molecule has 1 saturated heterocycles. The molecule has 0 bridgehead atoms. The Labute approximate surface area is 200 Å². The number of hydrogen-bond acceptors (Lipinski definition) is 4. The van der Waals surface area contributed by atoms with E-state index in [0.29, 0.717) is 36.6 Å². The molecule has 3 aromatic rings. The zero-order valence-electron chi connectivity index (χ0n) is 19.6. The topological polar surface area (TPSA) is 73.9 Å². The molecule has 34 heavy (non-hydrogen) atoms. The molecule has 4 rings (SSSR count). The Balaban J connectivity index is 1.27. The molecule has 176 valence electrons. The van der Waals surface area contributed by atoms with Crippen LogP contribution in [0.1, 0.15) is 11.1 Å². The second-order valence-electron chi connectivity index (χ2n) is 8.36. The lowest BCUT2D eigenvalue weighted by Crippen LogP contribution is -2.49. The third-order valence-electron chi connectivity index (χ3n) is 5.92. The Morgan fingerprint density at radius 3 is 2.32 bits per heavy atom. The van der Waals surface area contributed by atoms with Gasteiger partial charge in [-0.15, -0.1) is 0 Å². The summed E-state index contributed by atoms with van der Waals surface area (Å²) in [7, 11) is 1.57. The van der Waals surface area contributed by atoms with Gasteiger partial charge in [0.25, 0.3) is 0 Å².